The van der Waals surface area contributed by atoms with Crippen molar-refractivity contribution < 1.29 is 4.79 Å². The summed E-state index contributed by atoms with van der Waals surface area (Å²) in [5.41, 5.74) is 2.56. The zero-order valence-corrected chi connectivity index (χ0v) is 14.7. The fourth-order valence-electron chi connectivity index (χ4n) is 3.43. The summed E-state index contributed by atoms with van der Waals surface area (Å²) in [5.74, 6) is 1.09. The molecule has 0 aromatic heterocycles. The van der Waals surface area contributed by atoms with Crippen LogP contribution in [0.4, 0.5) is 5.69 Å². The Kier molecular flexibility index (Phi) is 4.90. The van der Waals surface area contributed by atoms with Crippen molar-refractivity contribution in [3.63, 3.8) is 0 Å². The smallest absolute Gasteiger partial charge is 0.236 e. The number of benzene rings is 1. The van der Waals surface area contributed by atoms with Crippen molar-refractivity contribution in [1.82, 2.24) is 9.80 Å². The average molecular weight is 315 g/mol. The van der Waals surface area contributed by atoms with E-state index >= 15 is 0 Å². The lowest BCUT2D eigenvalue weighted by atomic mass is 10.2. The van der Waals surface area contributed by atoms with Crippen molar-refractivity contribution in [2.24, 2.45) is 5.92 Å². The van der Waals surface area contributed by atoms with E-state index in [9.17, 15) is 4.79 Å². The third kappa shape index (κ3) is 4.05. The highest BCUT2D eigenvalue weighted by atomic mass is 16.2. The van der Waals surface area contributed by atoms with Crippen LogP contribution >= 0.6 is 0 Å². The molecule has 0 N–H and O–H groups in total. The Morgan fingerprint density at radius 2 is 1.96 bits per heavy atom. The highest BCUT2D eigenvalue weighted by Crippen LogP contribution is 2.34. The summed E-state index contributed by atoms with van der Waals surface area (Å²) in [7, 11) is 2.09. The first-order valence-corrected chi connectivity index (χ1v) is 8.84. The van der Waals surface area contributed by atoms with Gasteiger partial charge in [0.05, 0.1) is 6.54 Å². The Morgan fingerprint density at radius 1 is 1.26 bits per heavy atom. The van der Waals surface area contributed by atoms with Gasteiger partial charge in [0, 0.05) is 37.9 Å². The first-order valence-electron chi connectivity index (χ1n) is 8.84. The van der Waals surface area contributed by atoms with E-state index in [1.807, 2.05) is 4.90 Å². The Bertz CT molecular complexity index is 547. The summed E-state index contributed by atoms with van der Waals surface area (Å²) in [6.07, 6.45) is 2.66. The number of hydrogen-bond donors (Lipinski definition) is 0. The van der Waals surface area contributed by atoms with Crippen LogP contribution in [-0.4, -0.2) is 61.5 Å². The molecule has 0 spiro atoms. The largest absolute Gasteiger partial charge is 0.368 e. The summed E-state index contributed by atoms with van der Waals surface area (Å²) >= 11 is 0. The average Bonchev–Trinajstić information content (AvgIpc) is 3.39. The molecule has 1 aliphatic heterocycles. The second kappa shape index (κ2) is 6.91. The number of rotatable bonds is 5. The monoisotopic (exact) mass is 315 g/mol. The van der Waals surface area contributed by atoms with Gasteiger partial charge in [0.1, 0.15) is 0 Å². The Labute approximate surface area is 140 Å². The molecule has 1 aliphatic carbocycles. The van der Waals surface area contributed by atoms with Crippen molar-refractivity contribution in [2.45, 2.75) is 32.7 Å². The van der Waals surface area contributed by atoms with Gasteiger partial charge in [0.15, 0.2) is 0 Å². The summed E-state index contributed by atoms with van der Waals surface area (Å²) in [5, 5.41) is 0. The number of aryl methyl sites for hydroxylation is 1. The van der Waals surface area contributed by atoms with Crippen molar-refractivity contribution in [3.05, 3.63) is 29.8 Å². The van der Waals surface area contributed by atoms with Gasteiger partial charge in [-0.3, -0.25) is 9.69 Å². The standard InChI is InChI=1S/C19H29N3O/c1-15-5-4-6-18(13-15)21-9-11-22(12-10-21)19(23)14-20(3)16(2)17-7-8-17/h4-6,13,16-17H,7-12,14H2,1-3H3. The molecule has 0 radical (unpaired) electrons. The molecule has 0 bridgehead atoms. The quantitative estimate of drug-likeness (QED) is 0.835. The lowest BCUT2D eigenvalue weighted by Crippen LogP contribution is -2.51. The maximum Gasteiger partial charge on any atom is 0.236 e. The Balaban J connectivity index is 1.49. The predicted molar refractivity (Wildman–Crippen MR) is 94.8 cm³/mol. The molecule has 1 atom stereocenters. The van der Waals surface area contributed by atoms with Crippen LogP contribution in [0.15, 0.2) is 24.3 Å². The second-order valence-electron chi connectivity index (χ2n) is 7.20. The molecule has 1 unspecified atom stereocenters. The number of carbonyl (C=O) groups excluding carboxylic acids is 1. The molecule has 1 aromatic carbocycles. The summed E-state index contributed by atoms with van der Waals surface area (Å²) in [6, 6.07) is 9.15. The number of hydrogen-bond acceptors (Lipinski definition) is 3. The van der Waals surface area contributed by atoms with E-state index in [4.69, 9.17) is 0 Å². The molecule has 1 heterocycles. The fraction of sp³-hybridized carbons (Fsp3) is 0.632. The first kappa shape index (κ1) is 16.3. The van der Waals surface area contributed by atoms with E-state index in [0.29, 0.717) is 12.6 Å². The van der Waals surface area contributed by atoms with Crippen LogP contribution in [0.2, 0.25) is 0 Å². The third-order valence-corrected chi connectivity index (χ3v) is 5.38. The van der Waals surface area contributed by atoms with Gasteiger partial charge in [0.2, 0.25) is 5.91 Å². The molecular weight excluding hydrogens is 286 g/mol. The Morgan fingerprint density at radius 3 is 2.57 bits per heavy atom. The van der Waals surface area contributed by atoms with E-state index in [2.05, 4.69) is 55.0 Å². The van der Waals surface area contributed by atoms with Gasteiger partial charge in [-0.15, -0.1) is 0 Å². The molecule has 2 fully saturated rings. The highest BCUT2D eigenvalue weighted by Gasteiger charge is 2.32. The van der Waals surface area contributed by atoms with Crippen LogP contribution in [0, 0.1) is 12.8 Å². The van der Waals surface area contributed by atoms with E-state index in [0.717, 1.165) is 32.1 Å². The topological polar surface area (TPSA) is 26.8 Å². The molecule has 2 aliphatic rings. The maximum absolute atomic E-state index is 12.5. The van der Waals surface area contributed by atoms with Crippen LogP contribution in [-0.2, 0) is 4.79 Å². The lowest BCUT2D eigenvalue weighted by Gasteiger charge is -2.37. The van der Waals surface area contributed by atoms with Crippen molar-refractivity contribution in [3.8, 4) is 0 Å². The molecule has 1 saturated carbocycles. The highest BCUT2D eigenvalue weighted by molar-refractivity contribution is 5.78. The number of nitrogens with zero attached hydrogens (tertiary/aromatic N) is 3. The van der Waals surface area contributed by atoms with Crippen LogP contribution in [0.3, 0.4) is 0 Å². The Hall–Kier alpha value is -1.55. The molecule has 4 nitrogen and oxygen atoms in total. The molecule has 4 heteroatoms. The van der Waals surface area contributed by atoms with Crippen LogP contribution in [0.5, 0.6) is 0 Å². The van der Waals surface area contributed by atoms with Crippen molar-refractivity contribution in [1.29, 1.82) is 0 Å². The molecular formula is C19H29N3O. The minimum atomic E-state index is 0.281. The van der Waals surface area contributed by atoms with Crippen LogP contribution in [0.25, 0.3) is 0 Å². The number of amides is 1. The zero-order chi connectivity index (χ0) is 16.4. The second-order valence-corrected chi connectivity index (χ2v) is 7.20. The molecule has 3 rings (SSSR count). The minimum absolute atomic E-state index is 0.281. The maximum atomic E-state index is 12.5. The summed E-state index contributed by atoms with van der Waals surface area (Å²) < 4.78 is 0. The number of likely N-dealkylation sites (N-methyl/N-ethyl adjacent to an activating group) is 1. The molecule has 126 valence electrons. The number of carbonyl (C=O) groups is 1. The van der Waals surface area contributed by atoms with E-state index in [1.54, 1.807) is 0 Å². The zero-order valence-electron chi connectivity index (χ0n) is 14.7. The van der Waals surface area contributed by atoms with Gasteiger partial charge in [-0.05, 0) is 57.4 Å². The van der Waals surface area contributed by atoms with E-state index < -0.39 is 0 Å². The first-order chi connectivity index (χ1) is 11.0. The van der Waals surface area contributed by atoms with Gasteiger partial charge in [0.25, 0.3) is 0 Å². The SMILES string of the molecule is Cc1cccc(N2CCN(C(=O)CN(C)C(C)C3CC3)CC2)c1. The van der Waals surface area contributed by atoms with Crippen LogP contribution in [0.1, 0.15) is 25.3 Å². The van der Waals surface area contributed by atoms with Crippen LogP contribution < -0.4 is 4.90 Å². The lowest BCUT2D eigenvalue weighted by molar-refractivity contribution is -0.132. The minimum Gasteiger partial charge on any atom is -0.368 e. The molecule has 1 amide bonds. The fourth-order valence-corrected chi connectivity index (χ4v) is 3.43. The molecule has 23 heavy (non-hydrogen) atoms. The van der Waals surface area contributed by atoms with E-state index in [-0.39, 0.29) is 5.91 Å². The third-order valence-electron chi connectivity index (χ3n) is 5.38. The van der Waals surface area contributed by atoms with E-state index in [1.165, 1.54) is 24.1 Å². The number of anilines is 1. The predicted octanol–water partition coefficient (Wildman–Crippen LogP) is 2.37. The van der Waals surface area contributed by atoms with Gasteiger partial charge in [-0.2, -0.15) is 0 Å². The van der Waals surface area contributed by atoms with Gasteiger partial charge < -0.3 is 9.80 Å². The van der Waals surface area contributed by atoms with Crippen molar-refractivity contribution >= 4 is 11.6 Å². The van der Waals surface area contributed by atoms with Gasteiger partial charge in [-0.25, -0.2) is 0 Å². The normalized spacial score (nSPS) is 20.0. The van der Waals surface area contributed by atoms with Crippen molar-refractivity contribution in [2.75, 3.05) is 44.7 Å². The number of piperazine rings is 1. The summed E-state index contributed by atoms with van der Waals surface area (Å²) in [6.45, 7) is 8.45. The van der Waals surface area contributed by atoms with Gasteiger partial charge in [-0.1, -0.05) is 12.1 Å². The summed E-state index contributed by atoms with van der Waals surface area (Å²) in [4.78, 5) is 19.2. The molecule has 1 saturated heterocycles. The molecule has 1 aromatic rings. The van der Waals surface area contributed by atoms with Gasteiger partial charge >= 0.3 is 0 Å².